The molecule has 0 aliphatic rings. The first-order valence-corrected chi connectivity index (χ1v) is 7.20. The molecular formula is C14H18N2O2S. The summed E-state index contributed by atoms with van der Waals surface area (Å²) in [4.78, 5) is 24.0. The summed E-state index contributed by atoms with van der Waals surface area (Å²) in [7, 11) is 0. The van der Waals surface area contributed by atoms with Crippen molar-refractivity contribution in [1.29, 1.82) is 0 Å². The lowest BCUT2D eigenvalue weighted by atomic mass is 10.2. The third-order valence-electron chi connectivity index (χ3n) is 3.17. The maximum atomic E-state index is 12.2. The van der Waals surface area contributed by atoms with Crippen molar-refractivity contribution in [2.24, 2.45) is 0 Å². The van der Waals surface area contributed by atoms with Crippen molar-refractivity contribution < 1.29 is 0 Å². The Hall–Kier alpha value is -1.49. The number of aromatic amines is 1. The Morgan fingerprint density at radius 1 is 1.00 bits per heavy atom. The Labute approximate surface area is 116 Å². The molecular weight excluding hydrogens is 260 g/mol. The molecule has 0 radical (unpaired) electrons. The van der Waals surface area contributed by atoms with Gasteiger partial charge in [-0.15, -0.1) is 0 Å². The minimum absolute atomic E-state index is 0.121. The highest BCUT2D eigenvalue weighted by Gasteiger charge is 2.05. The van der Waals surface area contributed by atoms with Crippen LogP contribution in [0.2, 0.25) is 0 Å². The lowest BCUT2D eigenvalue weighted by molar-refractivity contribution is 0.519. The van der Waals surface area contributed by atoms with Crippen molar-refractivity contribution in [1.82, 2.24) is 9.78 Å². The quantitative estimate of drug-likeness (QED) is 0.628. The number of nitrogens with one attached hydrogen (secondary N) is 1. The fraction of sp³-hybridized carbons (Fsp3) is 0.429. The Kier molecular flexibility index (Phi) is 4.85. The molecule has 1 aromatic heterocycles. The van der Waals surface area contributed by atoms with Gasteiger partial charge in [-0.05, 0) is 30.7 Å². The molecule has 0 atom stereocenters. The van der Waals surface area contributed by atoms with E-state index < -0.39 is 0 Å². The van der Waals surface area contributed by atoms with Crippen LogP contribution < -0.4 is 11.1 Å². The zero-order valence-electron chi connectivity index (χ0n) is 10.8. The highest BCUT2D eigenvalue weighted by molar-refractivity contribution is 7.80. The number of aryl methyl sites for hydroxylation is 1. The molecule has 2 rings (SSSR count). The molecule has 4 nitrogen and oxygen atoms in total. The van der Waals surface area contributed by atoms with Crippen LogP contribution in [0.3, 0.4) is 0 Å². The molecule has 102 valence electrons. The van der Waals surface area contributed by atoms with Gasteiger partial charge in [0.2, 0.25) is 0 Å². The van der Waals surface area contributed by atoms with E-state index in [-0.39, 0.29) is 11.1 Å². The molecule has 0 saturated carbocycles. The average Bonchev–Trinajstić information content (AvgIpc) is 2.44. The molecule has 0 spiro atoms. The van der Waals surface area contributed by atoms with Gasteiger partial charge in [0.25, 0.3) is 11.1 Å². The number of hydrogen-bond acceptors (Lipinski definition) is 3. The summed E-state index contributed by atoms with van der Waals surface area (Å²) in [6.45, 7) is 0.561. The third-order valence-corrected chi connectivity index (χ3v) is 3.49. The van der Waals surface area contributed by atoms with E-state index in [1.54, 1.807) is 24.3 Å². The average molecular weight is 278 g/mol. The van der Waals surface area contributed by atoms with Crippen molar-refractivity contribution >= 4 is 23.4 Å². The van der Waals surface area contributed by atoms with Gasteiger partial charge in [-0.2, -0.15) is 12.6 Å². The summed E-state index contributed by atoms with van der Waals surface area (Å²) < 4.78 is 1.42. The normalized spacial score (nSPS) is 11.0. The van der Waals surface area contributed by atoms with Gasteiger partial charge >= 0.3 is 0 Å². The zero-order valence-corrected chi connectivity index (χ0v) is 11.7. The summed E-state index contributed by atoms with van der Waals surface area (Å²) >= 11 is 4.16. The van der Waals surface area contributed by atoms with Crippen LogP contribution in [0, 0.1) is 0 Å². The molecule has 0 saturated heterocycles. The first-order valence-electron chi connectivity index (χ1n) is 6.57. The number of aromatic nitrogens is 2. The molecule has 0 aliphatic heterocycles. The molecule has 1 N–H and O–H groups in total. The molecule has 1 aromatic carbocycles. The molecule has 0 bridgehead atoms. The smallest absolute Gasteiger partial charge is 0.267 e. The number of H-pyrrole nitrogens is 1. The second kappa shape index (κ2) is 6.61. The fourth-order valence-electron chi connectivity index (χ4n) is 2.14. The van der Waals surface area contributed by atoms with Gasteiger partial charge in [0, 0.05) is 6.54 Å². The summed E-state index contributed by atoms with van der Waals surface area (Å²) in [5.74, 6) is 0.896. The molecule has 5 heteroatoms. The number of unbranched alkanes of at least 4 members (excludes halogenated alkanes) is 3. The third kappa shape index (κ3) is 3.29. The van der Waals surface area contributed by atoms with Crippen LogP contribution in [0.1, 0.15) is 25.7 Å². The van der Waals surface area contributed by atoms with Crippen LogP contribution in [0.25, 0.3) is 10.8 Å². The van der Waals surface area contributed by atoms with E-state index in [9.17, 15) is 9.59 Å². The monoisotopic (exact) mass is 278 g/mol. The summed E-state index contributed by atoms with van der Waals surface area (Å²) in [6.07, 6.45) is 4.13. The topological polar surface area (TPSA) is 54.9 Å². The number of nitrogens with zero attached hydrogens (tertiary/aromatic N) is 1. The molecule has 0 amide bonds. The maximum Gasteiger partial charge on any atom is 0.273 e. The van der Waals surface area contributed by atoms with Crippen molar-refractivity contribution in [3.05, 3.63) is 45.0 Å². The van der Waals surface area contributed by atoms with Crippen LogP contribution >= 0.6 is 12.6 Å². The number of benzene rings is 1. The largest absolute Gasteiger partial charge is 0.273 e. The standard InChI is InChI=1S/C14H18N2O2S/c17-13-11-7-3-4-8-12(11)14(18)16(15-13)9-5-1-2-6-10-19/h3-4,7-8,19H,1-2,5-6,9-10H2,(H,15,17). The molecule has 0 aliphatic carbocycles. The van der Waals surface area contributed by atoms with Crippen LogP contribution in [0.15, 0.2) is 33.9 Å². The Balaban J connectivity index is 2.18. The molecule has 0 fully saturated rings. The zero-order chi connectivity index (χ0) is 13.7. The van der Waals surface area contributed by atoms with Gasteiger partial charge in [-0.1, -0.05) is 25.0 Å². The Morgan fingerprint density at radius 3 is 2.42 bits per heavy atom. The van der Waals surface area contributed by atoms with E-state index in [2.05, 4.69) is 17.7 Å². The number of rotatable bonds is 6. The highest BCUT2D eigenvalue weighted by atomic mass is 32.1. The number of thiol groups is 1. The SMILES string of the molecule is O=c1[nH]n(CCCCCCS)c(=O)c2ccccc12. The second-order valence-corrected chi connectivity index (χ2v) is 5.03. The highest BCUT2D eigenvalue weighted by Crippen LogP contribution is 2.04. The maximum absolute atomic E-state index is 12.2. The van der Waals surface area contributed by atoms with E-state index in [0.717, 1.165) is 31.4 Å². The Morgan fingerprint density at radius 2 is 1.68 bits per heavy atom. The lowest BCUT2D eigenvalue weighted by Gasteiger charge is -2.06. The van der Waals surface area contributed by atoms with Crippen LogP contribution in [0.4, 0.5) is 0 Å². The van der Waals surface area contributed by atoms with E-state index in [1.165, 1.54) is 4.68 Å². The van der Waals surface area contributed by atoms with Gasteiger partial charge in [-0.3, -0.25) is 14.7 Å². The fourth-order valence-corrected chi connectivity index (χ4v) is 2.36. The summed E-state index contributed by atoms with van der Waals surface area (Å²) in [5.41, 5.74) is -0.324. The van der Waals surface area contributed by atoms with Gasteiger partial charge in [0.05, 0.1) is 10.8 Å². The molecule has 2 aromatic rings. The predicted octanol–water partition coefficient (Wildman–Crippen LogP) is 2.18. The summed E-state index contributed by atoms with van der Waals surface area (Å²) in [5, 5.41) is 3.59. The van der Waals surface area contributed by atoms with E-state index in [1.807, 2.05) is 0 Å². The first kappa shape index (κ1) is 13.9. The number of fused-ring (bicyclic) bond motifs is 1. The van der Waals surface area contributed by atoms with Gasteiger partial charge in [0.1, 0.15) is 0 Å². The molecule has 1 heterocycles. The Bertz CT molecular complexity index is 660. The lowest BCUT2D eigenvalue weighted by Crippen LogP contribution is -2.29. The van der Waals surface area contributed by atoms with E-state index in [0.29, 0.717) is 17.3 Å². The first-order chi connectivity index (χ1) is 9.24. The second-order valence-electron chi connectivity index (χ2n) is 4.58. The van der Waals surface area contributed by atoms with Gasteiger partial charge in [-0.25, -0.2) is 4.68 Å². The minimum Gasteiger partial charge on any atom is -0.267 e. The number of hydrogen-bond donors (Lipinski definition) is 2. The summed E-state index contributed by atoms with van der Waals surface area (Å²) in [6, 6.07) is 6.91. The van der Waals surface area contributed by atoms with Gasteiger partial charge < -0.3 is 0 Å². The predicted molar refractivity (Wildman–Crippen MR) is 81.1 cm³/mol. The van der Waals surface area contributed by atoms with Crippen LogP contribution in [-0.4, -0.2) is 15.5 Å². The van der Waals surface area contributed by atoms with Crippen LogP contribution in [0.5, 0.6) is 0 Å². The van der Waals surface area contributed by atoms with E-state index in [4.69, 9.17) is 0 Å². The van der Waals surface area contributed by atoms with Crippen molar-refractivity contribution in [2.45, 2.75) is 32.2 Å². The van der Waals surface area contributed by atoms with E-state index >= 15 is 0 Å². The minimum atomic E-state index is -0.203. The van der Waals surface area contributed by atoms with Crippen molar-refractivity contribution in [2.75, 3.05) is 5.75 Å². The van der Waals surface area contributed by atoms with Crippen molar-refractivity contribution in [3.8, 4) is 0 Å². The van der Waals surface area contributed by atoms with Crippen LogP contribution in [-0.2, 0) is 6.54 Å². The molecule has 0 unspecified atom stereocenters. The van der Waals surface area contributed by atoms with Gasteiger partial charge in [0.15, 0.2) is 0 Å². The van der Waals surface area contributed by atoms with Crippen molar-refractivity contribution in [3.63, 3.8) is 0 Å². The molecule has 19 heavy (non-hydrogen) atoms.